The van der Waals surface area contributed by atoms with Crippen molar-refractivity contribution < 1.29 is 4.79 Å². The Balaban J connectivity index is 3.81. The number of hydrogen-bond donors (Lipinski definition) is 0. The van der Waals surface area contributed by atoms with Crippen LogP contribution in [0.25, 0.3) is 0 Å². The average Bonchev–Trinajstić information content (AvgIpc) is 1.89. The third-order valence-corrected chi connectivity index (χ3v) is 1.85. The van der Waals surface area contributed by atoms with Gasteiger partial charge < -0.3 is 0 Å². The first kappa shape index (κ1) is 9.67. The summed E-state index contributed by atoms with van der Waals surface area (Å²) < 4.78 is 0. The standard InChI is InChI=1S/C9H17O/c1-4-6-9(3,8-10)7-5-2/h4-7H2,1-3H3. The molecule has 0 aliphatic carbocycles. The minimum absolute atomic E-state index is 0.163. The fourth-order valence-electron chi connectivity index (χ4n) is 1.33. The first-order chi connectivity index (χ1) is 4.68. The molecule has 0 aromatic carbocycles. The van der Waals surface area contributed by atoms with Gasteiger partial charge in [-0.15, -0.1) is 0 Å². The normalized spacial score (nSPS) is 11.5. The Labute approximate surface area is 63.8 Å². The molecule has 0 heterocycles. The van der Waals surface area contributed by atoms with E-state index in [1.165, 1.54) is 0 Å². The van der Waals surface area contributed by atoms with Gasteiger partial charge in [0.25, 0.3) is 0 Å². The summed E-state index contributed by atoms with van der Waals surface area (Å²) in [6.45, 7) is 6.20. The summed E-state index contributed by atoms with van der Waals surface area (Å²) in [5.74, 6) is 0. The predicted molar refractivity (Wildman–Crippen MR) is 43.6 cm³/mol. The Hall–Kier alpha value is -0.330. The molecule has 0 fully saturated rings. The molecule has 0 spiro atoms. The van der Waals surface area contributed by atoms with Gasteiger partial charge in [0.05, 0.1) is 0 Å². The zero-order chi connectivity index (χ0) is 8.04. The molecule has 0 aliphatic heterocycles. The fraction of sp³-hybridized carbons (Fsp3) is 0.889. The lowest BCUT2D eigenvalue weighted by Crippen LogP contribution is -2.16. The van der Waals surface area contributed by atoms with Gasteiger partial charge >= 0.3 is 0 Å². The van der Waals surface area contributed by atoms with Crippen LogP contribution in [0.2, 0.25) is 0 Å². The molecule has 1 heteroatoms. The summed E-state index contributed by atoms with van der Waals surface area (Å²) in [4.78, 5) is 10.5. The van der Waals surface area contributed by atoms with Crippen molar-refractivity contribution in [1.29, 1.82) is 0 Å². The van der Waals surface area contributed by atoms with Crippen LogP contribution in [0.5, 0.6) is 0 Å². The maximum absolute atomic E-state index is 10.5. The van der Waals surface area contributed by atoms with E-state index in [1.54, 1.807) is 0 Å². The quantitative estimate of drug-likeness (QED) is 0.575. The fourth-order valence-corrected chi connectivity index (χ4v) is 1.33. The molecule has 0 aromatic heterocycles. The molecular weight excluding hydrogens is 124 g/mol. The van der Waals surface area contributed by atoms with Gasteiger partial charge in [-0.05, 0) is 12.8 Å². The van der Waals surface area contributed by atoms with Crippen molar-refractivity contribution in [3.8, 4) is 0 Å². The molecule has 0 saturated heterocycles. The van der Waals surface area contributed by atoms with E-state index in [0.717, 1.165) is 25.7 Å². The number of rotatable bonds is 5. The van der Waals surface area contributed by atoms with Gasteiger partial charge in [0.15, 0.2) is 0 Å². The molecule has 0 bridgehead atoms. The Bertz CT molecular complexity index is 90.9. The lowest BCUT2D eigenvalue weighted by atomic mass is 9.83. The molecule has 0 aliphatic rings. The molecule has 59 valence electrons. The summed E-state index contributed by atoms with van der Waals surface area (Å²) in [5.41, 5.74) is -0.163. The van der Waals surface area contributed by atoms with Crippen molar-refractivity contribution in [3.63, 3.8) is 0 Å². The van der Waals surface area contributed by atoms with E-state index in [1.807, 2.05) is 6.92 Å². The maximum atomic E-state index is 10.5. The van der Waals surface area contributed by atoms with Crippen molar-refractivity contribution in [2.24, 2.45) is 5.41 Å². The summed E-state index contributed by atoms with van der Waals surface area (Å²) in [7, 11) is 0. The highest BCUT2D eigenvalue weighted by atomic mass is 16.1. The lowest BCUT2D eigenvalue weighted by Gasteiger charge is -2.19. The summed E-state index contributed by atoms with van der Waals surface area (Å²) in [6.07, 6.45) is 6.23. The summed E-state index contributed by atoms with van der Waals surface area (Å²) >= 11 is 0. The van der Waals surface area contributed by atoms with Crippen LogP contribution >= 0.6 is 0 Å². The van der Waals surface area contributed by atoms with Crippen LogP contribution in [-0.4, -0.2) is 6.29 Å². The van der Waals surface area contributed by atoms with Gasteiger partial charge in [0.1, 0.15) is 0 Å². The summed E-state index contributed by atoms with van der Waals surface area (Å²) in [6, 6.07) is 0. The van der Waals surface area contributed by atoms with Crippen LogP contribution < -0.4 is 0 Å². The highest BCUT2D eigenvalue weighted by Crippen LogP contribution is 2.25. The van der Waals surface area contributed by atoms with Crippen molar-refractivity contribution in [2.45, 2.75) is 46.5 Å². The van der Waals surface area contributed by atoms with Crippen LogP contribution in [0, 0.1) is 5.41 Å². The monoisotopic (exact) mass is 141 g/mol. The second-order valence-corrected chi connectivity index (χ2v) is 3.16. The van der Waals surface area contributed by atoms with E-state index >= 15 is 0 Å². The number of hydrogen-bond acceptors (Lipinski definition) is 1. The van der Waals surface area contributed by atoms with Crippen molar-refractivity contribution in [1.82, 2.24) is 0 Å². The SMILES string of the molecule is CCCC(C)([C]=O)CCC. The molecule has 0 unspecified atom stereocenters. The Morgan fingerprint density at radius 2 is 1.60 bits per heavy atom. The van der Waals surface area contributed by atoms with E-state index in [2.05, 4.69) is 20.1 Å². The topological polar surface area (TPSA) is 17.1 Å². The van der Waals surface area contributed by atoms with E-state index < -0.39 is 0 Å². The van der Waals surface area contributed by atoms with Gasteiger partial charge in [-0.3, -0.25) is 4.79 Å². The smallest absolute Gasteiger partial charge is 0.204 e. The van der Waals surface area contributed by atoms with Crippen molar-refractivity contribution in [2.75, 3.05) is 0 Å². The van der Waals surface area contributed by atoms with Gasteiger partial charge in [0.2, 0.25) is 6.29 Å². The second-order valence-electron chi connectivity index (χ2n) is 3.16. The van der Waals surface area contributed by atoms with Gasteiger partial charge in [-0.2, -0.15) is 0 Å². The molecule has 1 radical (unpaired) electrons. The predicted octanol–water partition coefficient (Wildman–Crippen LogP) is 2.70. The van der Waals surface area contributed by atoms with Crippen LogP contribution in [0.15, 0.2) is 0 Å². The molecule has 0 amide bonds. The highest BCUT2D eigenvalue weighted by molar-refractivity contribution is 5.59. The molecule has 0 atom stereocenters. The molecule has 1 nitrogen and oxygen atoms in total. The van der Waals surface area contributed by atoms with Gasteiger partial charge in [-0.1, -0.05) is 33.6 Å². The van der Waals surface area contributed by atoms with Crippen LogP contribution in [0.3, 0.4) is 0 Å². The highest BCUT2D eigenvalue weighted by Gasteiger charge is 2.21. The summed E-state index contributed by atoms with van der Waals surface area (Å²) in [5, 5.41) is 0. The van der Waals surface area contributed by atoms with Crippen LogP contribution in [0.4, 0.5) is 0 Å². The first-order valence-electron chi connectivity index (χ1n) is 4.08. The minimum atomic E-state index is -0.163. The molecule has 10 heavy (non-hydrogen) atoms. The largest absolute Gasteiger partial charge is 0.290 e. The Kier molecular flexibility index (Phi) is 4.33. The van der Waals surface area contributed by atoms with Gasteiger partial charge in [-0.25, -0.2) is 0 Å². The third-order valence-electron chi connectivity index (χ3n) is 1.85. The van der Waals surface area contributed by atoms with Gasteiger partial charge in [0, 0.05) is 5.41 Å². The van der Waals surface area contributed by atoms with Crippen LogP contribution in [-0.2, 0) is 4.79 Å². The molecule has 0 saturated carbocycles. The van der Waals surface area contributed by atoms with Crippen molar-refractivity contribution in [3.05, 3.63) is 0 Å². The Morgan fingerprint density at radius 3 is 1.80 bits per heavy atom. The Morgan fingerprint density at radius 1 is 1.20 bits per heavy atom. The van der Waals surface area contributed by atoms with E-state index in [4.69, 9.17) is 0 Å². The zero-order valence-electron chi connectivity index (χ0n) is 7.24. The molecule has 0 rings (SSSR count). The van der Waals surface area contributed by atoms with Crippen molar-refractivity contribution >= 4 is 6.29 Å². The zero-order valence-corrected chi connectivity index (χ0v) is 7.24. The second kappa shape index (κ2) is 4.48. The molecule has 0 aromatic rings. The third kappa shape index (κ3) is 3.00. The average molecular weight is 141 g/mol. The van der Waals surface area contributed by atoms with E-state index in [0.29, 0.717) is 0 Å². The van der Waals surface area contributed by atoms with Crippen LogP contribution in [0.1, 0.15) is 46.5 Å². The lowest BCUT2D eigenvalue weighted by molar-refractivity contribution is 0.358. The van der Waals surface area contributed by atoms with E-state index in [-0.39, 0.29) is 5.41 Å². The number of carbonyl (C=O) groups excluding carboxylic acids is 1. The maximum Gasteiger partial charge on any atom is 0.204 e. The van der Waals surface area contributed by atoms with E-state index in [9.17, 15) is 4.79 Å². The first-order valence-corrected chi connectivity index (χ1v) is 4.08. The minimum Gasteiger partial charge on any atom is -0.290 e. The molecule has 0 N–H and O–H groups in total. The molecular formula is C9H17O.